The zero-order chi connectivity index (χ0) is 37.0. The Kier molecular flexibility index (Phi) is 21.3. The lowest BCUT2D eigenvalue weighted by Gasteiger charge is -2.08. The zero-order valence-corrected chi connectivity index (χ0v) is 33.2. The lowest BCUT2D eigenvalue weighted by atomic mass is 10.0. The molecule has 4 aromatic rings. The number of ether oxygens (including phenoxy) is 2. The maximum atomic E-state index is 5.92. The standard InChI is InChI=1S/C47H68N4O2/c1-3-5-7-9-16-20-24-40-26-30-42(31-27-40)46-48-36-44(37-49-46)52-34-22-18-14-12-11-13-15-19-23-35-53-45-38-50-47(51-39-45)43-32-28-41(29-33-43)25-21-17-10-8-6-4-2/h26-33,36-39H,3-25,34-35H2,1-2H3. The first-order valence-electron chi connectivity index (χ1n) is 21.3. The maximum absolute atomic E-state index is 5.92. The average molecular weight is 721 g/mol. The van der Waals surface area contributed by atoms with Gasteiger partial charge in [-0.15, -0.1) is 0 Å². The van der Waals surface area contributed by atoms with Crippen molar-refractivity contribution < 1.29 is 9.47 Å². The number of unbranched alkanes of at least 4 members (excludes halogenated alkanes) is 18. The fourth-order valence-electron chi connectivity index (χ4n) is 6.76. The van der Waals surface area contributed by atoms with Gasteiger partial charge in [0.05, 0.1) is 38.0 Å². The second-order valence-corrected chi connectivity index (χ2v) is 14.8. The van der Waals surface area contributed by atoms with Crippen LogP contribution in [0.2, 0.25) is 0 Å². The van der Waals surface area contributed by atoms with Crippen molar-refractivity contribution in [1.82, 2.24) is 19.9 Å². The zero-order valence-electron chi connectivity index (χ0n) is 33.2. The fourth-order valence-corrected chi connectivity index (χ4v) is 6.76. The van der Waals surface area contributed by atoms with E-state index < -0.39 is 0 Å². The lowest BCUT2D eigenvalue weighted by Crippen LogP contribution is -1.99. The van der Waals surface area contributed by atoms with Crippen molar-refractivity contribution in [3.05, 3.63) is 84.4 Å². The fraction of sp³-hybridized carbons (Fsp3) is 0.574. The van der Waals surface area contributed by atoms with Crippen LogP contribution in [-0.4, -0.2) is 33.1 Å². The van der Waals surface area contributed by atoms with Crippen LogP contribution in [-0.2, 0) is 12.8 Å². The highest BCUT2D eigenvalue weighted by atomic mass is 16.5. The highest BCUT2D eigenvalue weighted by molar-refractivity contribution is 5.56. The van der Waals surface area contributed by atoms with Gasteiger partial charge in [-0.25, -0.2) is 19.9 Å². The van der Waals surface area contributed by atoms with Gasteiger partial charge in [0.15, 0.2) is 23.1 Å². The molecule has 2 heterocycles. The molecule has 2 aromatic heterocycles. The summed E-state index contributed by atoms with van der Waals surface area (Å²) in [4.78, 5) is 18.2. The Hall–Kier alpha value is -3.80. The van der Waals surface area contributed by atoms with E-state index in [-0.39, 0.29) is 0 Å². The summed E-state index contributed by atoms with van der Waals surface area (Å²) in [5, 5.41) is 0. The third kappa shape index (κ3) is 17.7. The highest BCUT2D eigenvalue weighted by Gasteiger charge is 2.05. The summed E-state index contributed by atoms with van der Waals surface area (Å²) in [6.07, 6.45) is 36.4. The molecule has 0 unspecified atom stereocenters. The molecule has 0 fully saturated rings. The lowest BCUT2D eigenvalue weighted by molar-refractivity contribution is 0.300. The van der Waals surface area contributed by atoms with Crippen LogP contribution in [0, 0.1) is 0 Å². The van der Waals surface area contributed by atoms with Crippen molar-refractivity contribution in [3.63, 3.8) is 0 Å². The number of hydrogen-bond acceptors (Lipinski definition) is 6. The van der Waals surface area contributed by atoms with E-state index in [0.29, 0.717) is 0 Å². The van der Waals surface area contributed by atoms with Crippen molar-refractivity contribution in [1.29, 1.82) is 0 Å². The molecule has 0 N–H and O–H groups in total. The predicted octanol–water partition coefficient (Wildman–Crippen LogP) is 13.4. The van der Waals surface area contributed by atoms with Gasteiger partial charge in [0.2, 0.25) is 0 Å². The molecule has 6 nitrogen and oxygen atoms in total. The molecule has 0 saturated carbocycles. The summed E-state index contributed by atoms with van der Waals surface area (Å²) < 4.78 is 11.8. The summed E-state index contributed by atoms with van der Waals surface area (Å²) in [5.41, 5.74) is 4.91. The second kappa shape index (κ2) is 26.9. The minimum absolute atomic E-state index is 0.718. The van der Waals surface area contributed by atoms with E-state index >= 15 is 0 Å². The van der Waals surface area contributed by atoms with Gasteiger partial charge in [0.1, 0.15) is 0 Å². The molecular weight excluding hydrogens is 653 g/mol. The molecule has 0 bridgehead atoms. The monoisotopic (exact) mass is 721 g/mol. The molecule has 0 atom stereocenters. The summed E-state index contributed by atoms with van der Waals surface area (Å²) >= 11 is 0. The van der Waals surface area contributed by atoms with E-state index in [9.17, 15) is 0 Å². The maximum Gasteiger partial charge on any atom is 0.159 e. The molecule has 53 heavy (non-hydrogen) atoms. The van der Waals surface area contributed by atoms with Gasteiger partial charge in [-0.05, 0) is 49.7 Å². The van der Waals surface area contributed by atoms with E-state index in [1.54, 1.807) is 24.8 Å². The third-order valence-corrected chi connectivity index (χ3v) is 10.1. The summed E-state index contributed by atoms with van der Waals surface area (Å²) in [7, 11) is 0. The van der Waals surface area contributed by atoms with Crippen LogP contribution >= 0.6 is 0 Å². The molecular formula is C47H68N4O2. The number of aryl methyl sites for hydroxylation is 2. The molecule has 0 aliphatic rings. The van der Waals surface area contributed by atoms with Gasteiger partial charge in [0.25, 0.3) is 0 Å². The molecule has 0 aliphatic carbocycles. The number of hydrogen-bond donors (Lipinski definition) is 0. The summed E-state index contributed by atoms with van der Waals surface area (Å²) in [6.45, 7) is 5.97. The predicted molar refractivity (Wildman–Crippen MR) is 222 cm³/mol. The summed E-state index contributed by atoms with van der Waals surface area (Å²) in [6, 6.07) is 17.5. The Morgan fingerprint density at radius 2 is 0.660 bits per heavy atom. The molecule has 0 aliphatic heterocycles. The van der Waals surface area contributed by atoms with Crippen LogP contribution in [0.5, 0.6) is 11.5 Å². The van der Waals surface area contributed by atoms with Gasteiger partial charge >= 0.3 is 0 Å². The Morgan fingerprint density at radius 3 is 1.00 bits per heavy atom. The Morgan fingerprint density at radius 1 is 0.358 bits per heavy atom. The quantitative estimate of drug-likeness (QED) is 0.0500. The largest absolute Gasteiger partial charge is 0.490 e. The van der Waals surface area contributed by atoms with E-state index in [1.807, 2.05) is 0 Å². The van der Waals surface area contributed by atoms with Gasteiger partial charge < -0.3 is 9.47 Å². The van der Waals surface area contributed by atoms with Crippen molar-refractivity contribution in [2.24, 2.45) is 0 Å². The van der Waals surface area contributed by atoms with Crippen LogP contribution in [0.25, 0.3) is 22.8 Å². The van der Waals surface area contributed by atoms with E-state index in [2.05, 4.69) is 82.3 Å². The Bertz CT molecular complexity index is 1340. The number of rotatable bonds is 30. The first-order chi connectivity index (χ1) is 26.2. The molecule has 288 valence electrons. The summed E-state index contributed by atoms with van der Waals surface area (Å²) in [5.74, 6) is 3.01. The van der Waals surface area contributed by atoms with Crippen molar-refractivity contribution >= 4 is 0 Å². The Balaban J connectivity index is 0.950. The number of nitrogens with zero attached hydrogens (tertiary/aromatic N) is 4. The third-order valence-electron chi connectivity index (χ3n) is 10.1. The van der Waals surface area contributed by atoms with Crippen LogP contribution in [0.15, 0.2) is 73.3 Å². The molecule has 0 amide bonds. The first kappa shape index (κ1) is 41.9. The van der Waals surface area contributed by atoms with Crippen LogP contribution in [0.1, 0.15) is 160 Å². The number of aromatic nitrogens is 4. The van der Waals surface area contributed by atoms with Gasteiger partial charge in [0, 0.05) is 11.1 Å². The molecule has 4 rings (SSSR count). The van der Waals surface area contributed by atoms with Crippen LogP contribution in [0.4, 0.5) is 0 Å². The van der Waals surface area contributed by atoms with E-state index in [4.69, 9.17) is 9.47 Å². The van der Waals surface area contributed by atoms with Crippen molar-refractivity contribution in [2.75, 3.05) is 13.2 Å². The van der Waals surface area contributed by atoms with E-state index in [1.165, 1.54) is 133 Å². The first-order valence-corrected chi connectivity index (χ1v) is 21.3. The SMILES string of the molecule is CCCCCCCCc1ccc(-c2ncc(OCCCCCCCCCCCOc3cnc(-c4ccc(CCCCCCCC)cc4)nc3)cn2)cc1. The van der Waals surface area contributed by atoms with Crippen LogP contribution in [0.3, 0.4) is 0 Å². The van der Waals surface area contributed by atoms with Gasteiger partial charge in [-0.3, -0.25) is 0 Å². The Labute approximate surface area is 322 Å². The van der Waals surface area contributed by atoms with Crippen molar-refractivity contribution in [3.8, 4) is 34.3 Å². The van der Waals surface area contributed by atoms with Crippen LogP contribution < -0.4 is 9.47 Å². The molecule has 6 heteroatoms. The molecule has 0 spiro atoms. The van der Waals surface area contributed by atoms with Gasteiger partial charge in [-0.1, -0.05) is 172 Å². The van der Waals surface area contributed by atoms with Crippen molar-refractivity contribution in [2.45, 2.75) is 162 Å². The molecule has 0 radical (unpaired) electrons. The van der Waals surface area contributed by atoms with E-state index in [0.717, 1.165) is 73.2 Å². The molecule has 0 saturated heterocycles. The molecule has 2 aromatic carbocycles. The average Bonchev–Trinajstić information content (AvgIpc) is 3.20. The smallest absolute Gasteiger partial charge is 0.159 e. The minimum Gasteiger partial charge on any atom is -0.490 e. The topological polar surface area (TPSA) is 70.0 Å². The number of benzene rings is 2. The van der Waals surface area contributed by atoms with Gasteiger partial charge in [-0.2, -0.15) is 0 Å². The minimum atomic E-state index is 0.718. The normalized spacial score (nSPS) is 11.2. The highest BCUT2D eigenvalue weighted by Crippen LogP contribution is 2.21. The second-order valence-electron chi connectivity index (χ2n) is 14.8.